The average Bonchev–Trinajstić information content (AvgIpc) is 2.53. The van der Waals surface area contributed by atoms with Crippen molar-refractivity contribution >= 4 is 11.6 Å². The summed E-state index contributed by atoms with van der Waals surface area (Å²) in [5, 5.41) is 2.86. The summed E-state index contributed by atoms with van der Waals surface area (Å²) < 4.78 is 5.73. The van der Waals surface area contributed by atoms with E-state index in [1.54, 1.807) is 6.92 Å². The first-order valence-corrected chi connectivity index (χ1v) is 8.48. The Kier molecular flexibility index (Phi) is 8.06. The molecule has 0 spiro atoms. The number of hydrogen-bond donors (Lipinski definition) is 2. The van der Waals surface area contributed by atoms with Crippen LogP contribution in [0.25, 0.3) is 0 Å². The highest BCUT2D eigenvalue weighted by Gasteiger charge is 2.27. The van der Waals surface area contributed by atoms with Gasteiger partial charge in [-0.1, -0.05) is 27.2 Å². The molecule has 0 heterocycles. The molecule has 0 bridgehead atoms. The number of nitrogens with one attached hydrogen (secondary N) is 1. The Morgan fingerprint density at radius 3 is 2.35 bits per heavy atom. The van der Waals surface area contributed by atoms with E-state index in [2.05, 4.69) is 24.1 Å². The van der Waals surface area contributed by atoms with Gasteiger partial charge < -0.3 is 20.7 Å². The van der Waals surface area contributed by atoms with Crippen LogP contribution in [0.4, 0.5) is 5.69 Å². The Morgan fingerprint density at radius 1 is 1.22 bits per heavy atom. The fourth-order valence-electron chi connectivity index (χ4n) is 2.37. The molecule has 0 fully saturated rings. The van der Waals surface area contributed by atoms with Crippen LogP contribution in [0.15, 0.2) is 24.3 Å². The number of nitrogens with zero attached hydrogens (tertiary/aromatic N) is 1. The van der Waals surface area contributed by atoms with Crippen LogP contribution >= 0.6 is 0 Å². The molecule has 130 valence electrons. The van der Waals surface area contributed by atoms with Gasteiger partial charge in [-0.25, -0.2) is 0 Å². The van der Waals surface area contributed by atoms with Crippen molar-refractivity contribution in [2.75, 3.05) is 31.6 Å². The number of ether oxygens (including phenoxy) is 1. The molecule has 0 radical (unpaired) electrons. The van der Waals surface area contributed by atoms with Gasteiger partial charge in [-0.15, -0.1) is 0 Å². The van der Waals surface area contributed by atoms with Crippen LogP contribution in [0, 0.1) is 0 Å². The van der Waals surface area contributed by atoms with Gasteiger partial charge in [0.15, 0.2) is 0 Å². The summed E-state index contributed by atoms with van der Waals surface area (Å²) in [5.41, 5.74) is 5.92. The molecule has 1 atom stereocenters. The minimum Gasteiger partial charge on any atom is -0.492 e. The maximum absolute atomic E-state index is 12.1. The smallest absolute Gasteiger partial charge is 0.244 e. The number of nitrogens with two attached hydrogens (primary N) is 1. The lowest BCUT2D eigenvalue weighted by Crippen LogP contribution is -2.48. The third-order valence-corrected chi connectivity index (χ3v) is 3.97. The SMILES string of the molecule is CCCC(C)(N)C(=O)Nc1ccc(OCCN(CC)CC)cc1. The number of anilines is 1. The monoisotopic (exact) mass is 321 g/mol. The van der Waals surface area contributed by atoms with Crippen molar-refractivity contribution < 1.29 is 9.53 Å². The van der Waals surface area contributed by atoms with Crippen LogP contribution in [0.5, 0.6) is 5.75 Å². The molecule has 3 N–H and O–H groups in total. The van der Waals surface area contributed by atoms with E-state index in [0.29, 0.717) is 13.0 Å². The molecule has 1 unspecified atom stereocenters. The molecule has 1 amide bonds. The van der Waals surface area contributed by atoms with Crippen molar-refractivity contribution in [3.8, 4) is 5.75 Å². The predicted octanol–water partition coefficient (Wildman–Crippen LogP) is 2.86. The minimum atomic E-state index is -0.840. The summed E-state index contributed by atoms with van der Waals surface area (Å²) in [6.07, 6.45) is 1.53. The van der Waals surface area contributed by atoms with E-state index >= 15 is 0 Å². The highest BCUT2D eigenvalue weighted by Crippen LogP contribution is 2.18. The van der Waals surface area contributed by atoms with Crippen LogP contribution in [-0.4, -0.2) is 42.6 Å². The second-order valence-electron chi connectivity index (χ2n) is 6.02. The largest absolute Gasteiger partial charge is 0.492 e. The first-order chi connectivity index (χ1) is 10.9. The average molecular weight is 321 g/mol. The summed E-state index contributed by atoms with van der Waals surface area (Å²) in [7, 11) is 0. The quantitative estimate of drug-likeness (QED) is 0.695. The summed E-state index contributed by atoms with van der Waals surface area (Å²) in [6.45, 7) is 11.7. The van der Waals surface area contributed by atoms with Gasteiger partial charge in [-0.3, -0.25) is 4.79 Å². The van der Waals surface area contributed by atoms with Crippen LogP contribution in [0.1, 0.15) is 40.5 Å². The number of likely N-dealkylation sites (N-methyl/N-ethyl adjacent to an activating group) is 1. The van der Waals surface area contributed by atoms with Gasteiger partial charge in [0.25, 0.3) is 0 Å². The number of hydrogen-bond acceptors (Lipinski definition) is 4. The topological polar surface area (TPSA) is 67.6 Å². The van der Waals surface area contributed by atoms with Gasteiger partial charge in [0.2, 0.25) is 5.91 Å². The molecule has 0 saturated heterocycles. The van der Waals surface area contributed by atoms with E-state index in [4.69, 9.17) is 10.5 Å². The fourth-order valence-corrected chi connectivity index (χ4v) is 2.37. The lowest BCUT2D eigenvalue weighted by atomic mass is 9.96. The number of carbonyl (C=O) groups is 1. The third-order valence-electron chi connectivity index (χ3n) is 3.97. The van der Waals surface area contributed by atoms with Gasteiger partial charge >= 0.3 is 0 Å². The minimum absolute atomic E-state index is 0.158. The molecule has 23 heavy (non-hydrogen) atoms. The van der Waals surface area contributed by atoms with Crippen LogP contribution in [-0.2, 0) is 4.79 Å². The Labute approximate surface area is 140 Å². The first kappa shape index (κ1) is 19.5. The zero-order valence-electron chi connectivity index (χ0n) is 14.9. The molecule has 1 aromatic rings. The highest BCUT2D eigenvalue weighted by molar-refractivity contribution is 5.97. The summed E-state index contributed by atoms with van der Waals surface area (Å²) >= 11 is 0. The Hall–Kier alpha value is -1.59. The molecular formula is C18H31N3O2. The summed E-state index contributed by atoms with van der Waals surface area (Å²) in [6, 6.07) is 7.41. The van der Waals surface area contributed by atoms with Gasteiger partial charge in [0.1, 0.15) is 12.4 Å². The van der Waals surface area contributed by atoms with Gasteiger partial charge in [-0.05, 0) is 50.7 Å². The van der Waals surface area contributed by atoms with E-state index in [1.165, 1.54) is 0 Å². The Bertz CT molecular complexity index is 468. The maximum Gasteiger partial charge on any atom is 0.244 e. The van der Waals surface area contributed by atoms with Crippen molar-refractivity contribution in [2.24, 2.45) is 5.73 Å². The lowest BCUT2D eigenvalue weighted by Gasteiger charge is -2.23. The van der Waals surface area contributed by atoms with E-state index < -0.39 is 5.54 Å². The second-order valence-corrected chi connectivity index (χ2v) is 6.02. The van der Waals surface area contributed by atoms with Crippen LogP contribution in [0.3, 0.4) is 0 Å². The molecular weight excluding hydrogens is 290 g/mol. The normalized spacial score (nSPS) is 13.7. The van der Waals surface area contributed by atoms with Crippen molar-refractivity contribution in [3.63, 3.8) is 0 Å². The molecule has 5 nitrogen and oxygen atoms in total. The zero-order valence-corrected chi connectivity index (χ0v) is 14.9. The van der Waals surface area contributed by atoms with Crippen molar-refractivity contribution in [3.05, 3.63) is 24.3 Å². The van der Waals surface area contributed by atoms with E-state index in [0.717, 1.165) is 37.5 Å². The standard InChI is InChI=1S/C18H31N3O2/c1-5-12-18(4,19)17(22)20-15-8-10-16(11-9-15)23-14-13-21(6-2)7-3/h8-11H,5-7,12-14,19H2,1-4H3,(H,20,22). The number of benzene rings is 1. The highest BCUT2D eigenvalue weighted by atomic mass is 16.5. The maximum atomic E-state index is 12.1. The molecule has 0 saturated carbocycles. The second kappa shape index (κ2) is 9.53. The molecule has 0 aliphatic rings. The number of amides is 1. The van der Waals surface area contributed by atoms with Gasteiger partial charge in [0, 0.05) is 12.2 Å². The predicted molar refractivity (Wildman–Crippen MR) is 95.9 cm³/mol. The molecule has 1 rings (SSSR count). The number of rotatable bonds is 10. The molecule has 0 aliphatic carbocycles. The fraction of sp³-hybridized carbons (Fsp3) is 0.611. The van der Waals surface area contributed by atoms with Gasteiger partial charge in [0.05, 0.1) is 5.54 Å². The van der Waals surface area contributed by atoms with Crippen molar-refractivity contribution in [1.29, 1.82) is 0 Å². The van der Waals surface area contributed by atoms with Crippen molar-refractivity contribution in [1.82, 2.24) is 4.90 Å². The third kappa shape index (κ3) is 6.59. The summed E-state index contributed by atoms with van der Waals surface area (Å²) in [5.74, 6) is 0.647. The molecule has 5 heteroatoms. The van der Waals surface area contributed by atoms with E-state index in [9.17, 15) is 4.79 Å². The lowest BCUT2D eigenvalue weighted by molar-refractivity contribution is -0.120. The van der Waals surface area contributed by atoms with Gasteiger partial charge in [-0.2, -0.15) is 0 Å². The Balaban J connectivity index is 2.49. The van der Waals surface area contributed by atoms with E-state index in [-0.39, 0.29) is 5.91 Å². The number of carbonyl (C=O) groups excluding carboxylic acids is 1. The molecule has 0 aromatic heterocycles. The van der Waals surface area contributed by atoms with Crippen molar-refractivity contribution in [2.45, 2.75) is 46.1 Å². The molecule has 1 aromatic carbocycles. The van der Waals surface area contributed by atoms with Crippen LogP contribution < -0.4 is 15.8 Å². The summed E-state index contributed by atoms with van der Waals surface area (Å²) in [4.78, 5) is 14.5. The zero-order chi connectivity index (χ0) is 17.3. The molecule has 0 aliphatic heterocycles. The Morgan fingerprint density at radius 2 is 1.83 bits per heavy atom. The van der Waals surface area contributed by atoms with Crippen LogP contribution in [0.2, 0.25) is 0 Å². The first-order valence-electron chi connectivity index (χ1n) is 8.48. The van der Waals surface area contributed by atoms with E-state index in [1.807, 2.05) is 31.2 Å².